The molecule has 1 aliphatic heterocycles. The Balaban J connectivity index is 1.33. The van der Waals surface area contributed by atoms with Crippen LogP contribution >= 0.6 is 0 Å². The first kappa shape index (κ1) is 12.6. The number of hydrogen-bond donors (Lipinski definition) is 1. The maximum atomic E-state index is 3.73. The van der Waals surface area contributed by atoms with Crippen molar-refractivity contribution in [2.24, 2.45) is 29.6 Å². The average molecular weight is 262 g/mol. The summed E-state index contributed by atoms with van der Waals surface area (Å²) < 4.78 is 0. The molecule has 1 saturated heterocycles. The summed E-state index contributed by atoms with van der Waals surface area (Å²) in [6.07, 6.45) is 10.9. The molecule has 4 bridgehead atoms. The Labute approximate surface area is 118 Å². The van der Waals surface area contributed by atoms with Gasteiger partial charge in [0, 0.05) is 25.7 Å². The summed E-state index contributed by atoms with van der Waals surface area (Å²) in [6.45, 7) is 3.70. The first-order valence-corrected chi connectivity index (χ1v) is 8.70. The molecule has 1 unspecified atom stereocenters. The zero-order valence-corrected chi connectivity index (χ0v) is 12.5. The Kier molecular flexibility index (Phi) is 3.35. The van der Waals surface area contributed by atoms with Crippen LogP contribution in [-0.2, 0) is 0 Å². The lowest BCUT2D eigenvalue weighted by molar-refractivity contribution is -0.0415. The van der Waals surface area contributed by atoms with E-state index in [-0.39, 0.29) is 0 Å². The highest BCUT2D eigenvalue weighted by Gasteiger charge is 2.47. The lowest BCUT2D eigenvalue weighted by Crippen LogP contribution is -2.50. The van der Waals surface area contributed by atoms with E-state index in [0.717, 1.165) is 35.6 Å². The van der Waals surface area contributed by atoms with Crippen LogP contribution in [-0.4, -0.2) is 37.6 Å². The molecule has 5 aliphatic rings. The largest absolute Gasteiger partial charge is 0.311 e. The van der Waals surface area contributed by atoms with E-state index in [9.17, 15) is 0 Å². The van der Waals surface area contributed by atoms with Gasteiger partial charge in [-0.1, -0.05) is 0 Å². The molecule has 5 fully saturated rings. The molecule has 19 heavy (non-hydrogen) atoms. The van der Waals surface area contributed by atoms with Crippen LogP contribution in [0.25, 0.3) is 0 Å². The van der Waals surface area contributed by atoms with Gasteiger partial charge >= 0.3 is 0 Å². The third-order valence-electron chi connectivity index (χ3n) is 6.73. The van der Waals surface area contributed by atoms with E-state index in [4.69, 9.17) is 0 Å². The molecule has 1 heterocycles. The average Bonchev–Trinajstić information content (AvgIpc) is 2.37. The number of likely N-dealkylation sites (N-methyl/N-ethyl adjacent to an activating group) is 1. The molecule has 0 aromatic rings. The van der Waals surface area contributed by atoms with Gasteiger partial charge < -0.3 is 10.2 Å². The fourth-order valence-electron chi connectivity index (χ4n) is 6.09. The van der Waals surface area contributed by atoms with Crippen molar-refractivity contribution >= 4 is 0 Å². The fraction of sp³-hybridized carbons (Fsp3) is 1.00. The third-order valence-corrected chi connectivity index (χ3v) is 6.73. The molecule has 2 heteroatoms. The van der Waals surface area contributed by atoms with E-state index >= 15 is 0 Å². The monoisotopic (exact) mass is 262 g/mol. The van der Waals surface area contributed by atoms with Gasteiger partial charge in [-0.15, -0.1) is 0 Å². The third kappa shape index (κ3) is 2.47. The fourth-order valence-corrected chi connectivity index (χ4v) is 6.09. The second kappa shape index (κ2) is 5.04. The van der Waals surface area contributed by atoms with Gasteiger partial charge in [0.15, 0.2) is 0 Å². The van der Waals surface area contributed by atoms with Crippen molar-refractivity contribution in [2.75, 3.05) is 26.7 Å². The molecule has 0 aromatic heterocycles. The highest BCUT2D eigenvalue weighted by Crippen LogP contribution is 2.57. The Bertz CT molecular complexity index is 299. The number of rotatable bonds is 3. The zero-order chi connectivity index (χ0) is 12.8. The van der Waals surface area contributed by atoms with Crippen LogP contribution < -0.4 is 5.32 Å². The lowest BCUT2D eigenvalue weighted by atomic mass is 9.51. The normalized spacial score (nSPS) is 49.7. The summed E-state index contributed by atoms with van der Waals surface area (Å²) in [6, 6.07) is 0.774. The summed E-state index contributed by atoms with van der Waals surface area (Å²) in [5.41, 5.74) is 0. The number of hydrogen-bond acceptors (Lipinski definition) is 2. The van der Waals surface area contributed by atoms with Crippen molar-refractivity contribution in [1.29, 1.82) is 0 Å². The summed E-state index contributed by atoms with van der Waals surface area (Å²) >= 11 is 0. The highest BCUT2D eigenvalue weighted by molar-refractivity contribution is 4.98. The van der Waals surface area contributed by atoms with Gasteiger partial charge in [-0.05, 0) is 81.6 Å². The van der Waals surface area contributed by atoms with Crippen LogP contribution in [0.15, 0.2) is 0 Å². The predicted octanol–water partition coefficient (Wildman–Crippen LogP) is 2.74. The van der Waals surface area contributed by atoms with Crippen LogP contribution in [0.2, 0.25) is 0 Å². The molecule has 0 aromatic carbocycles. The van der Waals surface area contributed by atoms with E-state index in [1.165, 1.54) is 32.5 Å². The van der Waals surface area contributed by atoms with Gasteiger partial charge in [0.1, 0.15) is 0 Å². The van der Waals surface area contributed by atoms with E-state index in [1.807, 2.05) is 0 Å². The molecule has 2 nitrogen and oxygen atoms in total. The van der Waals surface area contributed by atoms with Gasteiger partial charge in [0.05, 0.1) is 0 Å². The van der Waals surface area contributed by atoms with Crippen molar-refractivity contribution in [3.05, 3.63) is 0 Å². The molecular formula is C17H30N2. The van der Waals surface area contributed by atoms with Crippen molar-refractivity contribution in [3.63, 3.8) is 0 Å². The molecule has 108 valence electrons. The smallest absolute Gasteiger partial charge is 0.0195 e. The Morgan fingerprint density at radius 2 is 1.63 bits per heavy atom. The SMILES string of the molecule is CN1CCNC(CCC2C3CC4CC(C3)CC2C4)C1. The van der Waals surface area contributed by atoms with E-state index in [0.29, 0.717) is 0 Å². The van der Waals surface area contributed by atoms with Crippen molar-refractivity contribution in [2.45, 2.75) is 51.0 Å². The van der Waals surface area contributed by atoms with Crippen LogP contribution in [0.1, 0.15) is 44.9 Å². The van der Waals surface area contributed by atoms with E-state index in [1.54, 1.807) is 32.1 Å². The minimum Gasteiger partial charge on any atom is -0.311 e. The van der Waals surface area contributed by atoms with Gasteiger partial charge in [-0.2, -0.15) is 0 Å². The zero-order valence-electron chi connectivity index (χ0n) is 12.5. The number of nitrogens with zero attached hydrogens (tertiary/aromatic N) is 1. The van der Waals surface area contributed by atoms with Crippen molar-refractivity contribution in [3.8, 4) is 0 Å². The molecule has 1 atom stereocenters. The van der Waals surface area contributed by atoms with Crippen molar-refractivity contribution in [1.82, 2.24) is 10.2 Å². The van der Waals surface area contributed by atoms with Gasteiger partial charge in [-0.3, -0.25) is 0 Å². The van der Waals surface area contributed by atoms with E-state index < -0.39 is 0 Å². The lowest BCUT2D eigenvalue weighted by Gasteiger charge is -2.55. The van der Waals surface area contributed by atoms with Crippen LogP contribution in [0.3, 0.4) is 0 Å². The quantitative estimate of drug-likeness (QED) is 0.841. The van der Waals surface area contributed by atoms with Crippen LogP contribution in [0.5, 0.6) is 0 Å². The Morgan fingerprint density at radius 3 is 2.26 bits per heavy atom. The number of piperazine rings is 1. The Morgan fingerprint density at radius 1 is 0.947 bits per heavy atom. The molecule has 4 aliphatic carbocycles. The highest BCUT2D eigenvalue weighted by atomic mass is 15.2. The first-order chi connectivity index (χ1) is 9.28. The maximum absolute atomic E-state index is 3.73. The molecule has 0 spiro atoms. The molecular weight excluding hydrogens is 232 g/mol. The van der Waals surface area contributed by atoms with Crippen molar-refractivity contribution < 1.29 is 0 Å². The maximum Gasteiger partial charge on any atom is 0.0195 e. The summed E-state index contributed by atoms with van der Waals surface area (Å²) in [7, 11) is 2.27. The first-order valence-electron chi connectivity index (χ1n) is 8.70. The topological polar surface area (TPSA) is 15.3 Å². The second-order valence-electron chi connectivity index (χ2n) is 8.09. The molecule has 0 amide bonds. The molecule has 5 rings (SSSR count). The molecule has 1 N–H and O–H groups in total. The minimum atomic E-state index is 0.774. The van der Waals surface area contributed by atoms with Crippen LogP contribution in [0, 0.1) is 29.6 Å². The Hall–Kier alpha value is -0.0800. The molecule has 0 radical (unpaired) electrons. The van der Waals surface area contributed by atoms with Gasteiger partial charge in [0.2, 0.25) is 0 Å². The van der Waals surface area contributed by atoms with Crippen LogP contribution in [0.4, 0.5) is 0 Å². The predicted molar refractivity (Wildman–Crippen MR) is 79.1 cm³/mol. The van der Waals surface area contributed by atoms with Gasteiger partial charge in [0.25, 0.3) is 0 Å². The minimum absolute atomic E-state index is 0.774. The second-order valence-corrected chi connectivity index (χ2v) is 8.09. The summed E-state index contributed by atoms with van der Waals surface area (Å²) in [5.74, 6) is 5.62. The van der Waals surface area contributed by atoms with E-state index in [2.05, 4.69) is 17.3 Å². The van der Waals surface area contributed by atoms with Gasteiger partial charge in [-0.25, -0.2) is 0 Å². The standard InChI is InChI=1S/C17H30N2/c1-19-5-4-18-16(11-19)2-3-17-14-7-12-6-13(9-14)10-15(17)8-12/h12-18H,2-11H2,1H3. The summed E-state index contributed by atoms with van der Waals surface area (Å²) in [4.78, 5) is 2.50. The molecule has 4 saturated carbocycles. The number of nitrogens with one attached hydrogen (secondary N) is 1. The summed E-state index contributed by atoms with van der Waals surface area (Å²) in [5, 5.41) is 3.73.